The average molecular weight is 237 g/mol. The molecule has 1 aromatic rings. The predicted octanol–water partition coefficient (Wildman–Crippen LogP) is 1.45. The van der Waals surface area contributed by atoms with Crippen molar-refractivity contribution in [2.45, 2.75) is 13.8 Å². The maximum absolute atomic E-state index is 10.8. The van der Waals surface area contributed by atoms with E-state index in [1.54, 1.807) is 19.1 Å². The van der Waals surface area contributed by atoms with E-state index in [4.69, 9.17) is 5.11 Å². The standard InChI is InChI=1S/C12H19N3O2/c1-4-15(3)8-7-13-11-6-5-10(12(16)17)9(2)14-11/h5-6H,4,7-8H2,1-3H3,(H,13,14)(H,16,17). The molecule has 0 amide bonds. The molecule has 0 fully saturated rings. The summed E-state index contributed by atoms with van der Waals surface area (Å²) in [4.78, 5) is 17.2. The van der Waals surface area contributed by atoms with Gasteiger partial charge in [0.2, 0.25) is 0 Å². The molecular weight excluding hydrogens is 218 g/mol. The molecule has 0 unspecified atom stereocenters. The van der Waals surface area contributed by atoms with E-state index < -0.39 is 5.97 Å². The van der Waals surface area contributed by atoms with Crippen LogP contribution in [0.3, 0.4) is 0 Å². The summed E-state index contributed by atoms with van der Waals surface area (Å²) < 4.78 is 0. The fraction of sp³-hybridized carbons (Fsp3) is 0.500. The second-order valence-corrected chi connectivity index (χ2v) is 3.96. The number of aryl methyl sites for hydroxylation is 1. The van der Waals surface area contributed by atoms with Crippen LogP contribution in [0.15, 0.2) is 12.1 Å². The number of carbonyl (C=O) groups is 1. The first-order chi connectivity index (χ1) is 8.04. The molecule has 0 bridgehead atoms. The molecule has 5 heteroatoms. The lowest BCUT2D eigenvalue weighted by Crippen LogP contribution is -2.25. The summed E-state index contributed by atoms with van der Waals surface area (Å²) in [5.74, 6) is -0.218. The number of carboxylic acid groups (broad SMARTS) is 1. The first-order valence-corrected chi connectivity index (χ1v) is 5.68. The lowest BCUT2D eigenvalue weighted by molar-refractivity contribution is 0.0695. The summed E-state index contributed by atoms with van der Waals surface area (Å²) in [6.07, 6.45) is 0. The van der Waals surface area contributed by atoms with Gasteiger partial charge in [0, 0.05) is 13.1 Å². The average Bonchev–Trinajstić information content (AvgIpc) is 2.28. The quantitative estimate of drug-likeness (QED) is 0.784. The molecule has 0 aliphatic carbocycles. The molecular formula is C12H19N3O2. The van der Waals surface area contributed by atoms with Crippen LogP contribution in [0.25, 0.3) is 0 Å². The summed E-state index contributed by atoms with van der Waals surface area (Å²) in [5, 5.41) is 12.0. The Labute approximate surface area is 101 Å². The molecule has 0 saturated heterocycles. The van der Waals surface area contributed by atoms with Gasteiger partial charge in [-0.1, -0.05) is 6.92 Å². The Balaban J connectivity index is 2.56. The molecule has 0 spiro atoms. The third kappa shape index (κ3) is 4.03. The Hall–Kier alpha value is -1.62. The Bertz CT molecular complexity index is 393. The molecule has 94 valence electrons. The predicted molar refractivity (Wildman–Crippen MR) is 67.6 cm³/mol. The molecule has 0 aliphatic rings. The second kappa shape index (κ2) is 6.20. The molecule has 0 saturated carbocycles. The number of anilines is 1. The molecule has 0 radical (unpaired) electrons. The zero-order valence-corrected chi connectivity index (χ0v) is 10.5. The minimum absolute atomic E-state index is 0.251. The highest BCUT2D eigenvalue weighted by molar-refractivity contribution is 5.89. The number of rotatable bonds is 6. The Morgan fingerprint density at radius 2 is 2.24 bits per heavy atom. The fourth-order valence-electron chi connectivity index (χ4n) is 1.42. The van der Waals surface area contributed by atoms with E-state index in [1.165, 1.54) is 0 Å². The van der Waals surface area contributed by atoms with Crippen LogP contribution in [-0.2, 0) is 0 Å². The van der Waals surface area contributed by atoms with Crippen molar-refractivity contribution in [3.8, 4) is 0 Å². The van der Waals surface area contributed by atoms with Gasteiger partial charge in [0.15, 0.2) is 0 Å². The summed E-state index contributed by atoms with van der Waals surface area (Å²) in [5.41, 5.74) is 0.785. The van der Waals surface area contributed by atoms with E-state index in [-0.39, 0.29) is 5.56 Å². The van der Waals surface area contributed by atoms with Crippen molar-refractivity contribution in [2.24, 2.45) is 0 Å². The highest BCUT2D eigenvalue weighted by atomic mass is 16.4. The van der Waals surface area contributed by atoms with Gasteiger partial charge in [0.25, 0.3) is 0 Å². The topological polar surface area (TPSA) is 65.5 Å². The number of pyridine rings is 1. The highest BCUT2D eigenvalue weighted by Crippen LogP contribution is 2.10. The summed E-state index contributed by atoms with van der Waals surface area (Å²) in [7, 11) is 2.05. The summed E-state index contributed by atoms with van der Waals surface area (Å²) in [6.45, 7) is 6.53. The van der Waals surface area contributed by atoms with E-state index in [0.717, 1.165) is 25.5 Å². The molecule has 0 aliphatic heterocycles. The monoisotopic (exact) mass is 237 g/mol. The zero-order valence-electron chi connectivity index (χ0n) is 10.5. The molecule has 0 aromatic carbocycles. The maximum Gasteiger partial charge on any atom is 0.337 e. The first-order valence-electron chi connectivity index (χ1n) is 5.68. The van der Waals surface area contributed by atoms with Crippen LogP contribution in [0, 0.1) is 6.92 Å². The normalized spacial score (nSPS) is 10.6. The van der Waals surface area contributed by atoms with Crippen LogP contribution in [0.4, 0.5) is 5.82 Å². The van der Waals surface area contributed by atoms with Crippen molar-refractivity contribution >= 4 is 11.8 Å². The highest BCUT2D eigenvalue weighted by Gasteiger charge is 2.08. The number of nitrogens with zero attached hydrogens (tertiary/aromatic N) is 2. The van der Waals surface area contributed by atoms with E-state index >= 15 is 0 Å². The van der Waals surface area contributed by atoms with Crippen molar-refractivity contribution in [3.63, 3.8) is 0 Å². The SMILES string of the molecule is CCN(C)CCNc1ccc(C(=O)O)c(C)n1. The third-order valence-electron chi connectivity index (χ3n) is 2.66. The van der Waals surface area contributed by atoms with Gasteiger partial charge in [-0.05, 0) is 32.6 Å². The van der Waals surface area contributed by atoms with Gasteiger partial charge < -0.3 is 15.3 Å². The molecule has 0 atom stereocenters. The number of nitrogens with one attached hydrogen (secondary N) is 1. The van der Waals surface area contributed by atoms with E-state index in [9.17, 15) is 4.79 Å². The molecule has 5 nitrogen and oxygen atoms in total. The first kappa shape index (κ1) is 13.4. The zero-order chi connectivity index (χ0) is 12.8. The van der Waals surface area contributed by atoms with Crippen LogP contribution in [0.1, 0.15) is 23.0 Å². The fourth-order valence-corrected chi connectivity index (χ4v) is 1.42. The lowest BCUT2D eigenvalue weighted by Gasteiger charge is -2.14. The van der Waals surface area contributed by atoms with Gasteiger partial charge >= 0.3 is 5.97 Å². The van der Waals surface area contributed by atoms with Crippen molar-refractivity contribution in [2.75, 3.05) is 32.0 Å². The lowest BCUT2D eigenvalue weighted by atomic mass is 10.2. The van der Waals surface area contributed by atoms with E-state index in [0.29, 0.717) is 5.69 Å². The van der Waals surface area contributed by atoms with Crippen LogP contribution in [0.5, 0.6) is 0 Å². The molecule has 2 N–H and O–H groups in total. The van der Waals surface area contributed by atoms with Crippen molar-refractivity contribution in [1.29, 1.82) is 0 Å². The van der Waals surface area contributed by atoms with Crippen LogP contribution >= 0.6 is 0 Å². The number of aromatic carboxylic acids is 1. The molecule has 1 heterocycles. The van der Waals surface area contributed by atoms with Gasteiger partial charge in [-0.2, -0.15) is 0 Å². The van der Waals surface area contributed by atoms with Gasteiger partial charge in [-0.15, -0.1) is 0 Å². The summed E-state index contributed by atoms with van der Waals surface area (Å²) >= 11 is 0. The van der Waals surface area contributed by atoms with Crippen molar-refractivity contribution in [3.05, 3.63) is 23.4 Å². The van der Waals surface area contributed by atoms with E-state index in [1.807, 2.05) is 7.05 Å². The van der Waals surface area contributed by atoms with Gasteiger partial charge in [-0.3, -0.25) is 0 Å². The number of likely N-dealkylation sites (N-methyl/N-ethyl adjacent to an activating group) is 1. The smallest absolute Gasteiger partial charge is 0.337 e. The molecule has 1 aromatic heterocycles. The number of hydrogen-bond donors (Lipinski definition) is 2. The van der Waals surface area contributed by atoms with Gasteiger partial charge in [-0.25, -0.2) is 9.78 Å². The third-order valence-corrected chi connectivity index (χ3v) is 2.66. The Kier molecular flexibility index (Phi) is 4.90. The molecule has 17 heavy (non-hydrogen) atoms. The van der Waals surface area contributed by atoms with Crippen molar-refractivity contribution in [1.82, 2.24) is 9.88 Å². The van der Waals surface area contributed by atoms with E-state index in [2.05, 4.69) is 22.1 Å². The summed E-state index contributed by atoms with van der Waals surface area (Å²) in [6, 6.07) is 3.28. The maximum atomic E-state index is 10.8. The van der Waals surface area contributed by atoms with Gasteiger partial charge in [0.1, 0.15) is 5.82 Å². The van der Waals surface area contributed by atoms with Crippen LogP contribution < -0.4 is 5.32 Å². The Morgan fingerprint density at radius 1 is 1.53 bits per heavy atom. The van der Waals surface area contributed by atoms with Crippen molar-refractivity contribution < 1.29 is 9.90 Å². The number of carboxylic acids is 1. The number of aromatic nitrogens is 1. The number of hydrogen-bond acceptors (Lipinski definition) is 4. The van der Waals surface area contributed by atoms with Gasteiger partial charge in [0.05, 0.1) is 11.3 Å². The minimum atomic E-state index is -0.938. The Morgan fingerprint density at radius 3 is 2.76 bits per heavy atom. The largest absolute Gasteiger partial charge is 0.478 e. The second-order valence-electron chi connectivity index (χ2n) is 3.96. The minimum Gasteiger partial charge on any atom is -0.478 e. The molecule has 1 rings (SSSR count). The van der Waals surface area contributed by atoms with Crippen LogP contribution in [-0.4, -0.2) is 47.6 Å². The van der Waals surface area contributed by atoms with Crippen LogP contribution in [0.2, 0.25) is 0 Å².